The second-order valence-corrected chi connectivity index (χ2v) is 4.86. The zero-order chi connectivity index (χ0) is 12.1. The Hall–Kier alpha value is -0.960. The van der Waals surface area contributed by atoms with Gasteiger partial charge in [-0.25, -0.2) is 8.78 Å². The summed E-state index contributed by atoms with van der Waals surface area (Å²) >= 11 is 0. The predicted octanol–water partition coefficient (Wildman–Crippen LogP) is 3.29. The van der Waals surface area contributed by atoms with E-state index >= 15 is 0 Å². The molecular weight excluding hydrogens is 220 g/mol. The van der Waals surface area contributed by atoms with Crippen LogP contribution in [0.5, 0.6) is 0 Å². The fraction of sp³-hybridized carbons (Fsp3) is 0.571. The zero-order valence-electron chi connectivity index (χ0n) is 10.0. The number of hydrogen-bond acceptors (Lipinski definition) is 1. The molecule has 1 aromatic rings. The van der Waals surface area contributed by atoms with Crippen molar-refractivity contribution in [1.82, 2.24) is 5.32 Å². The first-order valence-electron chi connectivity index (χ1n) is 6.40. The third kappa shape index (κ3) is 4.08. The van der Waals surface area contributed by atoms with E-state index in [0.717, 1.165) is 43.5 Å². The van der Waals surface area contributed by atoms with Gasteiger partial charge in [0.25, 0.3) is 0 Å². The van der Waals surface area contributed by atoms with Gasteiger partial charge in [0, 0.05) is 6.07 Å². The summed E-state index contributed by atoms with van der Waals surface area (Å²) in [7, 11) is 0. The van der Waals surface area contributed by atoms with Gasteiger partial charge in [0.2, 0.25) is 0 Å². The summed E-state index contributed by atoms with van der Waals surface area (Å²) in [4.78, 5) is 0. The van der Waals surface area contributed by atoms with E-state index in [0.29, 0.717) is 0 Å². The minimum absolute atomic E-state index is 0.470. The zero-order valence-corrected chi connectivity index (χ0v) is 10.0. The molecule has 1 N–H and O–H groups in total. The molecule has 0 atom stereocenters. The lowest BCUT2D eigenvalue weighted by molar-refractivity contribution is 0.347. The lowest BCUT2D eigenvalue weighted by Crippen LogP contribution is -2.27. The molecule has 94 valence electrons. The highest BCUT2D eigenvalue weighted by atomic mass is 19.1. The van der Waals surface area contributed by atoms with E-state index in [1.54, 1.807) is 0 Å². The van der Waals surface area contributed by atoms with Crippen molar-refractivity contribution in [3.8, 4) is 0 Å². The number of halogens is 2. The monoisotopic (exact) mass is 239 g/mol. The van der Waals surface area contributed by atoms with Crippen molar-refractivity contribution in [1.29, 1.82) is 0 Å². The first kappa shape index (κ1) is 12.5. The first-order valence-corrected chi connectivity index (χ1v) is 6.40. The van der Waals surface area contributed by atoms with Gasteiger partial charge in [-0.3, -0.25) is 0 Å². The topological polar surface area (TPSA) is 12.0 Å². The smallest absolute Gasteiger partial charge is 0.126 e. The summed E-state index contributed by atoms with van der Waals surface area (Å²) in [5.41, 5.74) is 0.774. The number of rotatable bonds is 4. The molecule has 1 heterocycles. The molecule has 0 amide bonds. The van der Waals surface area contributed by atoms with Gasteiger partial charge in [-0.05, 0) is 62.4 Å². The van der Waals surface area contributed by atoms with E-state index < -0.39 is 11.6 Å². The van der Waals surface area contributed by atoms with Crippen LogP contribution in [-0.2, 0) is 6.42 Å². The standard InChI is InChI=1S/C14H19F2N/c15-13-8-12(9-14(16)10-13)3-1-2-11-4-6-17-7-5-11/h8-11,17H,1-7H2. The quantitative estimate of drug-likeness (QED) is 0.850. The fourth-order valence-corrected chi connectivity index (χ4v) is 2.52. The van der Waals surface area contributed by atoms with Gasteiger partial charge < -0.3 is 5.32 Å². The SMILES string of the molecule is Fc1cc(F)cc(CCCC2CCNCC2)c1. The maximum absolute atomic E-state index is 13.0. The Morgan fingerprint density at radius 2 is 1.71 bits per heavy atom. The number of aryl methyl sites for hydroxylation is 1. The van der Waals surface area contributed by atoms with Gasteiger partial charge >= 0.3 is 0 Å². The molecular formula is C14H19F2N. The molecule has 0 unspecified atom stereocenters. The lowest BCUT2D eigenvalue weighted by Gasteiger charge is -2.22. The molecule has 0 aliphatic carbocycles. The van der Waals surface area contributed by atoms with Gasteiger partial charge in [-0.15, -0.1) is 0 Å². The van der Waals surface area contributed by atoms with Crippen LogP contribution in [0.25, 0.3) is 0 Å². The Labute approximate surface area is 101 Å². The van der Waals surface area contributed by atoms with Crippen LogP contribution in [0.15, 0.2) is 18.2 Å². The average molecular weight is 239 g/mol. The van der Waals surface area contributed by atoms with E-state index in [1.807, 2.05) is 0 Å². The van der Waals surface area contributed by atoms with E-state index in [2.05, 4.69) is 5.32 Å². The molecule has 0 spiro atoms. The van der Waals surface area contributed by atoms with Crippen LogP contribution in [0.4, 0.5) is 8.78 Å². The largest absolute Gasteiger partial charge is 0.317 e. The number of nitrogens with one attached hydrogen (secondary N) is 1. The number of piperidine rings is 1. The number of benzene rings is 1. The van der Waals surface area contributed by atoms with E-state index in [4.69, 9.17) is 0 Å². The molecule has 1 saturated heterocycles. The summed E-state index contributed by atoms with van der Waals surface area (Å²) in [5, 5.41) is 3.34. The highest BCUT2D eigenvalue weighted by Gasteiger charge is 2.12. The van der Waals surface area contributed by atoms with Crippen LogP contribution >= 0.6 is 0 Å². The van der Waals surface area contributed by atoms with Crippen molar-refractivity contribution in [2.45, 2.75) is 32.1 Å². The van der Waals surface area contributed by atoms with Gasteiger partial charge in [-0.2, -0.15) is 0 Å². The molecule has 2 rings (SSSR count). The minimum Gasteiger partial charge on any atom is -0.317 e. The van der Waals surface area contributed by atoms with E-state index in [-0.39, 0.29) is 0 Å². The molecule has 0 saturated carbocycles. The van der Waals surface area contributed by atoms with Crippen molar-refractivity contribution in [2.75, 3.05) is 13.1 Å². The molecule has 1 aromatic carbocycles. The predicted molar refractivity (Wildman–Crippen MR) is 64.9 cm³/mol. The molecule has 3 heteroatoms. The summed E-state index contributed by atoms with van der Waals surface area (Å²) in [6, 6.07) is 3.80. The van der Waals surface area contributed by atoms with Crippen LogP contribution < -0.4 is 5.32 Å². The minimum atomic E-state index is -0.470. The molecule has 0 bridgehead atoms. The summed E-state index contributed by atoms with van der Waals surface area (Å²) < 4.78 is 25.9. The van der Waals surface area contributed by atoms with E-state index in [1.165, 1.54) is 31.4 Å². The van der Waals surface area contributed by atoms with Gasteiger partial charge in [0.05, 0.1) is 0 Å². The molecule has 1 aliphatic rings. The Bertz CT molecular complexity index is 339. The maximum atomic E-state index is 13.0. The van der Waals surface area contributed by atoms with Gasteiger partial charge in [0.1, 0.15) is 11.6 Å². The Balaban J connectivity index is 1.77. The summed E-state index contributed by atoms with van der Waals surface area (Å²) in [5.74, 6) is -0.154. The third-order valence-electron chi connectivity index (χ3n) is 3.46. The molecule has 1 aliphatic heterocycles. The Morgan fingerprint density at radius 3 is 2.35 bits per heavy atom. The maximum Gasteiger partial charge on any atom is 0.126 e. The van der Waals surface area contributed by atoms with Crippen LogP contribution in [0, 0.1) is 17.6 Å². The van der Waals surface area contributed by atoms with Gasteiger partial charge in [0.15, 0.2) is 0 Å². The highest BCUT2D eigenvalue weighted by Crippen LogP contribution is 2.19. The average Bonchev–Trinajstić information content (AvgIpc) is 2.29. The second kappa shape index (κ2) is 6.10. The molecule has 1 nitrogen and oxygen atoms in total. The van der Waals surface area contributed by atoms with Crippen molar-refractivity contribution in [3.05, 3.63) is 35.4 Å². The van der Waals surface area contributed by atoms with Crippen LogP contribution in [0.3, 0.4) is 0 Å². The second-order valence-electron chi connectivity index (χ2n) is 4.86. The lowest BCUT2D eigenvalue weighted by atomic mass is 9.91. The van der Waals surface area contributed by atoms with Crippen LogP contribution in [-0.4, -0.2) is 13.1 Å². The first-order chi connectivity index (χ1) is 8.24. The number of hydrogen-bond donors (Lipinski definition) is 1. The molecule has 17 heavy (non-hydrogen) atoms. The van der Waals surface area contributed by atoms with Crippen molar-refractivity contribution >= 4 is 0 Å². The summed E-state index contributed by atoms with van der Waals surface area (Å²) in [6.07, 6.45) is 5.43. The highest BCUT2D eigenvalue weighted by molar-refractivity contribution is 5.17. The van der Waals surface area contributed by atoms with Crippen molar-refractivity contribution in [3.63, 3.8) is 0 Å². The van der Waals surface area contributed by atoms with Crippen molar-refractivity contribution < 1.29 is 8.78 Å². The fourth-order valence-electron chi connectivity index (χ4n) is 2.52. The van der Waals surface area contributed by atoms with Crippen molar-refractivity contribution in [2.24, 2.45) is 5.92 Å². The Morgan fingerprint density at radius 1 is 1.06 bits per heavy atom. The van der Waals surface area contributed by atoms with Crippen LogP contribution in [0.2, 0.25) is 0 Å². The normalized spacial score (nSPS) is 17.3. The summed E-state index contributed by atoms with van der Waals surface area (Å²) in [6.45, 7) is 2.22. The third-order valence-corrected chi connectivity index (χ3v) is 3.46. The molecule has 0 radical (unpaired) electrons. The molecule has 1 fully saturated rings. The van der Waals surface area contributed by atoms with Gasteiger partial charge in [-0.1, -0.05) is 6.42 Å². The van der Waals surface area contributed by atoms with Crippen LogP contribution in [0.1, 0.15) is 31.2 Å². The van der Waals surface area contributed by atoms with E-state index in [9.17, 15) is 8.78 Å². The Kier molecular flexibility index (Phi) is 4.49. The molecule has 0 aromatic heterocycles.